The fourth-order valence-corrected chi connectivity index (χ4v) is 2.99. The largest absolute Gasteiger partial charge is 0.488 e. The predicted octanol–water partition coefficient (Wildman–Crippen LogP) is 4.77. The highest BCUT2D eigenvalue weighted by Gasteiger charge is 2.27. The zero-order valence-corrected chi connectivity index (χ0v) is 14.3. The Balaban J connectivity index is 2.29. The second-order valence-corrected chi connectivity index (χ2v) is 6.06. The first kappa shape index (κ1) is 16.6. The first-order valence-corrected chi connectivity index (χ1v) is 8.09. The summed E-state index contributed by atoms with van der Waals surface area (Å²) in [7, 11) is 0. The molecule has 0 fully saturated rings. The molecule has 24 heavy (non-hydrogen) atoms. The third-order valence-electron chi connectivity index (χ3n) is 3.61. The molecule has 0 aromatic heterocycles. The molecular weight excluding hydrogens is 382 g/mol. The maximum atomic E-state index is 14.9. The average Bonchev–Trinajstić information content (AvgIpc) is 2.70. The molecule has 3 rings (SSSR count). The van der Waals surface area contributed by atoms with Gasteiger partial charge in [0.15, 0.2) is 0 Å². The van der Waals surface area contributed by atoms with E-state index >= 15 is 0 Å². The minimum absolute atomic E-state index is 0.0449. The Labute approximate surface area is 146 Å². The molecule has 0 aliphatic carbocycles. The lowest BCUT2D eigenvalue weighted by atomic mass is 9.93. The number of hydrogen-bond donors (Lipinski definition) is 0. The number of fused-ring (bicyclic) bond motifs is 2. The van der Waals surface area contributed by atoms with Crippen LogP contribution in [0.1, 0.15) is 23.6 Å². The van der Waals surface area contributed by atoms with E-state index in [9.17, 15) is 13.6 Å². The lowest BCUT2D eigenvalue weighted by Gasteiger charge is -2.12. The zero-order valence-electron chi connectivity index (χ0n) is 12.7. The Morgan fingerprint density at radius 2 is 2.00 bits per heavy atom. The number of halogens is 3. The highest BCUT2D eigenvalue weighted by molar-refractivity contribution is 9.10. The number of benzene rings is 2. The number of ether oxygens (including phenoxy) is 2. The smallest absolute Gasteiger partial charge is 0.367 e. The molecule has 3 nitrogen and oxygen atoms in total. The van der Waals surface area contributed by atoms with Crippen LogP contribution in [0.4, 0.5) is 8.78 Å². The van der Waals surface area contributed by atoms with Crippen molar-refractivity contribution < 1.29 is 23.0 Å². The van der Waals surface area contributed by atoms with Crippen LogP contribution >= 0.6 is 15.9 Å². The van der Waals surface area contributed by atoms with Crippen LogP contribution in [0.2, 0.25) is 0 Å². The third kappa shape index (κ3) is 3.06. The second-order valence-electron chi connectivity index (χ2n) is 5.14. The minimum Gasteiger partial charge on any atom is -0.488 e. The molecule has 0 amide bonds. The summed E-state index contributed by atoms with van der Waals surface area (Å²) < 4.78 is 39.6. The standard InChI is InChI=1S/C18H13BrF2O3/c1-2-23-18(22)17(21)16-13-5-3-11(19)7-10(13)9-24-15-8-12(20)4-6-14(15)16/h3-8H,2,9H2,1H3/b17-16+. The molecule has 0 radical (unpaired) electrons. The predicted molar refractivity (Wildman–Crippen MR) is 88.6 cm³/mol. The van der Waals surface area contributed by atoms with Crippen molar-refractivity contribution in [3.05, 3.63) is 69.2 Å². The van der Waals surface area contributed by atoms with E-state index in [0.717, 1.165) is 4.47 Å². The van der Waals surface area contributed by atoms with E-state index in [4.69, 9.17) is 9.47 Å². The molecule has 1 heterocycles. The van der Waals surface area contributed by atoms with E-state index in [0.29, 0.717) is 16.7 Å². The van der Waals surface area contributed by atoms with Crippen LogP contribution in [0.25, 0.3) is 5.57 Å². The van der Waals surface area contributed by atoms with Crippen molar-refractivity contribution in [3.63, 3.8) is 0 Å². The van der Waals surface area contributed by atoms with E-state index < -0.39 is 17.6 Å². The molecule has 0 spiro atoms. The Bertz CT molecular complexity index is 791. The summed E-state index contributed by atoms with van der Waals surface area (Å²) in [5.74, 6) is -2.41. The molecule has 0 saturated carbocycles. The number of carbonyl (C=O) groups excluding carboxylic acids is 1. The van der Waals surface area contributed by atoms with Gasteiger partial charge in [0, 0.05) is 21.7 Å². The second kappa shape index (κ2) is 6.73. The van der Waals surface area contributed by atoms with Crippen LogP contribution in [0, 0.1) is 5.82 Å². The Kier molecular flexibility index (Phi) is 4.66. The van der Waals surface area contributed by atoms with Crippen molar-refractivity contribution in [3.8, 4) is 5.75 Å². The van der Waals surface area contributed by atoms with Gasteiger partial charge in [0.1, 0.15) is 18.2 Å². The van der Waals surface area contributed by atoms with Gasteiger partial charge in [0.2, 0.25) is 5.83 Å². The molecule has 0 bridgehead atoms. The van der Waals surface area contributed by atoms with Gasteiger partial charge in [0.25, 0.3) is 0 Å². The minimum atomic E-state index is -1.06. The van der Waals surface area contributed by atoms with Gasteiger partial charge in [-0.3, -0.25) is 0 Å². The van der Waals surface area contributed by atoms with Gasteiger partial charge < -0.3 is 9.47 Å². The number of hydrogen-bond acceptors (Lipinski definition) is 3. The first-order chi connectivity index (χ1) is 11.5. The summed E-state index contributed by atoms with van der Waals surface area (Å²) >= 11 is 3.36. The lowest BCUT2D eigenvalue weighted by molar-refractivity contribution is -0.140. The molecule has 1 aliphatic heterocycles. The van der Waals surface area contributed by atoms with Crippen LogP contribution in [0.3, 0.4) is 0 Å². The van der Waals surface area contributed by atoms with Crippen LogP contribution < -0.4 is 4.74 Å². The van der Waals surface area contributed by atoms with Crippen molar-refractivity contribution in [2.75, 3.05) is 6.61 Å². The monoisotopic (exact) mass is 394 g/mol. The number of esters is 1. The quantitative estimate of drug-likeness (QED) is 0.543. The van der Waals surface area contributed by atoms with Crippen molar-refractivity contribution >= 4 is 27.5 Å². The normalized spacial score (nSPS) is 14.8. The van der Waals surface area contributed by atoms with Crippen molar-refractivity contribution in [2.24, 2.45) is 0 Å². The third-order valence-corrected chi connectivity index (χ3v) is 4.10. The molecule has 1 aliphatic rings. The summed E-state index contributed by atoms with van der Waals surface area (Å²) in [6.45, 7) is 1.78. The van der Waals surface area contributed by atoms with Crippen LogP contribution in [0.5, 0.6) is 5.75 Å². The van der Waals surface area contributed by atoms with Gasteiger partial charge in [-0.15, -0.1) is 0 Å². The fourth-order valence-electron chi connectivity index (χ4n) is 2.58. The van der Waals surface area contributed by atoms with Gasteiger partial charge in [-0.05, 0) is 42.3 Å². The molecule has 0 N–H and O–H groups in total. The fraction of sp³-hybridized carbons (Fsp3) is 0.167. The van der Waals surface area contributed by atoms with Gasteiger partial charge in [-0.2, -0.15) is 4.39 Å². The van der Waals surface area contributed by atoms with E-state index in [1.54, 1.807) is 25.1 Å². The maximum Gasteiger partial charge on any atom is 0.367 e. The van der Waals surface area contributed by atoms with Crippen molar-refractivity contribution in [1.29, 1.82) is 0 Å². The molecular formula is C18H13BrF2O3. The highest BCUT2D eigenvalue weighted by atomic mass is 79.9. The summed E-state index contributed by atoms with van der Waals surface area (Å²) in [5, 5.41) is 0. The molecule has 0 saturated heterocycles. The highest BCUT2D eigenvalue weighted by Crippen LogP contribution is 2.40. The Morgan fingerprint density at radius 1 is 1.25 bits per heavy atom. The van der Waals surface area contributed by atoms with Crippen molar-refractivity contribution in [2.45, 2.75) is 13.5 Å². The van der Waals surface area contributed by atoms with Crippen LogP contribution in [-0.2, 0) is 16.1 Å². The molecule has 0 unspecified atom stereocenters. The van der Waals surface area contributed by atoms with Crippen molar-refractivity contribution in [1.82, 2.24) is 0 Å². The Hall–Kier alpha value is -2.21. The molecule has 6 heteroatoms. The molecule has 2 aromatic rings. The lowest BCUT2D eigenvalue weighted by Crippen LogP contribution is -2.08. The first-order valence-electron chi connectivity index (χ1n) is 7.29. The topological polar surface area (TPSA) is 35.5 Å². The number of carbonyl (C=O) groups is 1. The van der Waals surface area contributed by atoms with E-state index in [2.05, 4.69) is 15.9 Å². The molecule has 0 atom stereocenters. The number of rotatable bonds is 2. The maximum absolute atomic E-state index is 14.9. The summed E-state index contributed by atoms with van der Waals surface area (Å²) in [5.41, 5.74) is 1.54. The SMILES string of the molecule is CCOC(=O)/C(F)=C1/c2ccc(Br)cc2COc2cc(F)ccc21. The van der Waals surface area contributed by atoms with E-state index in [1.165, 1.54) is 18.2 Å². The Morgan fingerprint density at radius 3 is 2.75 bits per heavy atom. The molecule has 2 aromatic carbocycles. The van der Waals surface area contributed by atoms with Gasteiger partial charge >= 0.3 is 5.97 Å². The van der Waals surface area contributed by atoms with Gasteiger partial charge in [0.05, 0.1) is 6.61 Å². The van der Waals surface area contributed by atoms with Crippen LogP contribution in [-0.4, -0.2) is 12.6 Å². The van der Waals surface area contributed by atoms with Gasteiger partial charge in [-0.1, -0.05) is 22.0 Å². The van der Waals surface area contributed by atoms with Gasteiger partial charge in [-0.25, -0.2) is 9.18 Å². The summed E-state index contributed by atoms with van der Waals surface area (Å²) in [6.07, 6.45) is 0. The summed E-state index contributed by atoms with van der Waals surface area (Å²) in [4.78, 5) is 11.9. The van der Waals surface area contributed by atoms with Crippen LogP contribution in [0.15, 0.2) is 46.7 Å². The average molecular weight is 395 g/mol. The van der Waals surface area contributed by atoms with E-state index in [1.807, 2.05) is 0 Å². The van der Waals surface area contributed by atoms with E-state index in [-0.39, 0.29) is 24.5 Å². The summed E-state index contributed by atoms with van der Waals surface area (Å²) in [6, 6.07) is 8.98. The zero-order chi connectivity index (χ0) is 17.3. The molecule has 124 valence electrons.